The predicted octanol–water partition coefficient (Wildman–Crippen LogP) is 1.03. The Hall–Kier alpha value is -2.31. The summed E-state index contributed by atoms with van der Waals surface area (Å²) < 4.78 is 56.4. The van der Waals surface area contributed by atoms with Crippen LogP contribution in [0.15, 0.2) is 18.5 Å². The Morgan fingerprint density at radius 1 is 1.38 bits per heavy atom. The SMILES string of the molecule is COCCN1CCO[C@H]2CN(C(=O)c3ccncc3F)C[C@H]21.O=C(O)C(F)(F)F. The summed E-state index contributed by atoms with van der Waals surface area (Å²) in [6.07, 6.45) is -2.60. The minimum Gasteiger partial charge on any atom is -0.475 e. The van der Waals surface area contributed by atoms with E-state index in [1.165, 1.54) is 12.3 Å². The Bertz CT molecular complexity index is 719. The van der Waals surface area contributed by atoms with Crippen LogP contribution in [-0.2, 0) is 14.3 Å². The number of nitrogens with zero attached hydrogens (tertiary/aromatic N) is 3. The molecule has 162 valence electrons. The largest absolute Gasteiger partial charge is 0.490 e. The van der Waals surface area contributed by atoms with Gasteiger partial charge in [0.2, 0.25) is 0 Å². The number of hydrogen-bond acceptors (Lipinski definition) is 6. The lowest BCUT2D eigenvalue weighted by atomic mass is 10.1. The number of rotatable bonds is 4. The molecule has 29 heavy (non-hydrogen) atoms. The first-order valence-corrected chi connectivity index (χ1v) is 8.68. The van der Waals surface area contributed by atoms with Crippen LogP contribution in [0, 0.1) is 5.82 Å². The van der Waals surface area contributed by atoms with Crippen molar-refractivity contribution in [1.29, 1.82) is 0 Å². The van der Waals surface area contributed by atoms with E-state index in [0.717, 1.165) is 19.3 Å². The topological polar surface area (TPSA) is 92.2 Å². The van der Waals surface area contributed by atoms with Gasteiger partial charge in [-0.15, -0.1) is 0 Å². The highest BCUT2D eigenvalue weighted by Gasteiger charge is 2.42. The number of methoxy groups -OCH3 is 1. The fourth-order valence-corrected chi connectivity index (χ4v) is 3.13. The van der Waals surface area contributed by atoms with Gasteiger partial charge in [0, 0.05) is 39.5 Å². The Balaban J connectivity index is 0.000000370. The van der Waals surface area contributed by atoms with Gasteiger partial charge in [-0.05, 0) is 6.07 Å². The van der Waals surface area contributed by atoms with Crippen LogP contribution in [-0.4, -0.2) is 96.6 Å². The Morgan fingerprint density at radius 2 is 2.07 bits per heavy atom. The van der Waals surface area contributed by atoms with Crippen molar-refractivity contribution in [2.75, 3.05) is 46.5 Å². The molecule has 0 bridgehead atoms. The van der Waals surface area contributed by atoms with Crippen LogP contribution in [0.4, 0.5) is 17.6 Å². The number of aliphatic carboxylic acids is 1. The third kappa shape index (κ3) is 6.08. The number of likely N-dealkylation sites (tertiary alicyclic amines) is 1. The number of carboxylic acids is 1. The average Bonchev–Trinajstić information content (AvgIpc) is 3.11. The third-order valence-electron chi connectivity index (χ3n) is 4.53. The van der Waals surface area contributed by atoms with Crippen molar-refractivity contribution in [2.45, 2.75) is 18.3 Å². The van der Waals surface area contributed by atoms with E-state index >= 15 is 0 Å². The third-order valence-corrected chi connectivity index (χ3v) is 4.53. The molecular formula is C17H21F4N3O5. The molecule has 2 saturated heterocycles. The maximum Gasteiger partial charge on any atom is 0.490 e. The fraction of sp³-hybridized carbons (Fsp3) is 0.588. The van der Waals surface area contributed by atoms with Crippen LogP contribution in [0.3, 0.4) is 0 Å². The number of carboxylic acid groups (broad SMARTS) is 1. The Morgan fingerprint density at radius 3 is 2.66 bits per heavy atom. The molecular weight excluding hydrogens is 402 g/mol. The summed E-state index contributed by atoms with van der Waals surface area (Å²) in [5.41, 5.74) is 0.0667. The predicted molar refractivity (Wildman–Crippen MR) is 90.8 cm³/mol. The molecule has 2 atom stereocenters. The number of ether oxygens (including phenoxy) is 2. The van der Waals surface area contributed by atoms with E-state index in [4.69, 9.17) is 19.4 Å². The molecule has 1 amide bonds. The molecule has 2 aliphatic heterocycles. The number of aromatic nitrogens is 1. The molecule has 3 rings (SSSR count). The highest BCUT2D eigenvalue weighted by molar-refractivity contribution is 5.94. The fourth-order valence-electron chi connectivity index (χ4n) is 3.13. The van der Waals surface area contributed by atoms with E-state index in [1.807, 2.05) is 0 Å². The molecule has 2 aliphatic rings. The van der Waals surface area contributed by atoms with Crippen LogP contribution in [0.25, 0.3) is 0 Å². The first kappa shape index (κ1) is 23.0. The van der Waals surface area contributed by atoms with Crippen molar-refractivity contribution in [3.63, 3.8) is 0 Å². The van der Waals surface area contributed by atoms with Gasteiger partial charge in [0.05, 0.1) is 37.1 Å². The minimum absolute atomic E-state index is 0.0144. The van der Waals surface area contributed by atoms with Crippen molar-refractivity contribution in [3.8, 4) is 0 Å². The zero-order chi connectivity index (χ0) is 21.6. The van der Waals surface area contributed by atoms with E-state index in [0.29, 0.717) is 26.3 Å². The molecule has 1 N–H and O–H groups in total. The van der Waals surface area contributed by atoms with Gasteiger partial charge in [0.15, 0.2) is 5.82 Å². The van der Waals surface area contributed by atoms with Crippen molar-refractivity contribution in [2.24, 2.45) is 0 Å². The molecule has 12 heteroatoms. The maximum absolute atomic E-state index is 13.7. The number of halogens is 4. The van der Waals surface area contributed by atoms with Crippen LogP contribution in [0.2, 0.25) is 0 Å². The second kappa shape index (κ2) is 9.94. The number of carbonyl (C=O) groups is 2. The molecule has 2 fully saturated rings. The average molecular weight is 423 g/mol. The summed E-state index contributed by atoms with van der Waals surface area (Å²) in [4.78, 5) is 29.0. The van der Waals surface area contributed by atoms with Crippen molar-refractivity contribution >= 4 is 11.9 Å². The van der Waals surface area contributed by atoms with Crippen molar-refractivity contribution in [1.82, 2.24) is 14.8 Å². The van der Waals surface area contributed by atoms with Gasteiger partial charge in [-0.2, -0.15) is 13.2 Å². The van der Waals surface area contributed by atoms with Crippen molar-refractivity contribution < 1.29 is 41.7 Å². The van der Waals surface area contributed by atoms with Gasteiger partial charge < -0.3 is 19.5 Å². The summed E-state index contributed by atoms with van der Waals surface area (Å²) in [6, 6.07) is 1.57. The van der Waals surface area contributed by atoms with Gasteiger partial charge in [0.25, 0.3) is 5.91 Å². The number of alkyl halides is 3. The molecule has 8 nitrogen and oxygen atoms in total. The van der Waals surface area contributed by atoms with Crippen LogP contribution in [0.1, 0.15) is 10.4 Å². The lowest BCUT2D eigenvalue weighted by Gasteiger charge is -2.36. The molecule has 0 spiro atoms. The summed E-state index contributed by atoms with van der Waals surface area (Å²) >= 11 is 0. The zero-order valence-electron chi connectivity index (χ0n) is 15.6. The minimum atomic E-state index is -5.08. The highest BCUT2D eigenvalue weighted by atomic mass is 19.4. The van der Waals surface area contributed by atoms with E-state index in [1.54, 1.807) is 12.0 Å². The molecule has 0 aromatic carbocycles. The van der Waals surface area contributed by atoms with Crippen LogP contribution in [0.5, 0.6) is 0 Å². The molecule has 1 aromatic heterocycles. The van der Waals surface area contributed by atoms with Gasteiger partial charge >= 0.3 is 12.1 Å². The van der Waals surface area contributed by atoms with Gasteiger partial charge in [-0.25, -0.2) is 9.18 Å². The normalized spacial score (nSPS) is 21.9. The summed E-state index contributed by atoms with van der Waals surface area (Å²) in [6.45, 7) is 3.99. The van der Waals surface area contributed by atoms with E-state index in [9.17, 15) is 22.4 Å². The number of morpholine rings is 1. The first-order valence-electron chi connectivity index (χ1n) is 8.68. The molecule has 0 saturated carbocycles. The lowest BCUT2D eigenvalue weighted by molar-refractivity contribution is -0.192. The smallest absolute Gasteiger partial charge is 0.475 e. The van der Waals surface area contributed by atoms with E-state index in [-0.39, 0.29) is 23.6 Å². The van der Waals surface area contributed by atoms with Crippen LogP contribution >= 0.6 is 0 Å². The highest BCUT2D eigenvalue weighted by Crippen LogP contribution is 2.24. The lowest BCUT2D eigenvalue weighted by Crippen LogP contribution is -2.51. The standard InChI is InChI=1S/C15H20FN3O3.C2HF3O2/c1-21-6-4-18-5-7-22-14-10-19(9-13(14)18)15(20)11-2-3-17-8-12(11)16;3-2(4,5)1(6)7/h2-3,8,13-14H,4-7,9-10H2,1H3;(H,6,7)/t13-,14+;/m1./s1. The van der Waals surface area contributed by atoms with Gasteiger partial charge in [0.1, 0.15) is 0 Å². The number of carbonyl (C=O) groups excluding carboxylic acids is 1. The zero-order valence-corrected chi connectivity index (χ0v) is 15.6. The van der Waals surface area contributed by atoms with E-state index in [2.05, 4.69) is 9.88 Å². The molecule has 0 aliphatic carbocycles. The van der Waals surface area contributed by atoms with Crippen molar-refractivity contribution in [3.05, 3.63) is 29.8 Å². The van der Waals surface area contributed by atoms with Gasteiger partial charge in [-0.3, -0.25) is 14.7 Å². The second-order valence-corrected chi connectivity index (χ2v) is 6.37. The molecule has 0 radical (unpaired) electrons. The maximum atomic E-state index is 13.7. The van der Waals surface area contributed by atoms with Crippen LogP contribution < -0.4 is 0 Å². The summed E-state index contributed by atoms with van der Waals surface area (Å²) in [7, 11) is 1.68. The molecule has 3 heterocycles. The summed E-state index contributed by atoms with van der Waals surface area (Å²) in [5.74, 6) is -3.64. The first-order chi connectivity index (χ1) is 13.6. The molecule has 0 unspecified atom stereocenters. The molecule has 1 aromatic rings. The second-order valence-electron chi connectivity index (χ2n) is 6.37. The number of fused-ring (bicyclic) bond motifs is 1. The number of amides is 1. The Labute approximate surface area is 164 Å². The quantitative estimate of drug-likeness (QED) is 0.723. The van der Waals surface area contributed by atoms with E-state index < -0.39 is 18.0 Å². The summed E-state index contributed by atoms with van der Waals surface area (Å²) in [5, 5.41) is 7.12. The number of hydrogen-bond donors (Lipinski definition) is 1. The number of pyridine rings is 1. The monoisotopic (exact) mass is 423 g/mol. The van der Waals surface area contributed by atoms with Gasteiger partial charge in [-0.1, -0.05) is 0 Å². The Kier molecular flexibility index (Phi) is 7.88.